The van der Waals surface area contributed by atoms with E-state index < -0.39 is 0 Å². The number of carbonyl (C=O) groups excluding carboxylic acids is 1. The largest absolute Gasteiger partial charge is 0.494 e. The van der Waals surface area contributed by atoms with Gasteiger partial charge in [0.1, 0.15) is 11.6 Å². The van der Waals surface area contributed by atoms with Gasteiger partial charge in [0.2, 0.25) is 5.91 Å². The van der Waals surface area contributed by atoms with Gasteiger partial charge in [-0.05, 0) is 67.8 Å². The van der Waals surface area contributed by atoms with Gasteiger partial charge in [0.25, 0.3) is 0 Å². The Balaban J connectivity index is 1.45. The van der Waals surface area contributed by atoms with Crippen LogP contribution in [0.2, 0.25) is 0 Å². The van der Waals surface area contributed by atoms with Gasteiger partial charge in [-0.2, -0.15) is 5.10 Å². The summed E-state index contributed by atoms with van der Waals surface area (Å²) in [6.07, 6.45) is 1.99. The number of likely N-dealkylation sites (N-methyl/N-ethyl adjacent to an activating group) is 1. The summed E-state index contributed by atoms with van der Waals surface area (Å²) in [5.41, 5.74) is 3.64. The zero-order valence-electron chi connectivity index (χ0n) is 16.8. The number of amides is 1. The molecule has 0 radical (unpaired) electrons. The van der Waals surface area contributed by atoms with Gasteiger partial charge < -0.3 is 9.64 Å². The minimum absolute atomic E-state index is 0.0887. The van der Waals surface area contributed by atoms with Crippen molar-refractivity contribution in [3.8, 4) is 17.0 Å². The number of nitrogens with one attached hydrogen (secondary N) is 1. The molecule has 152 valence electrons. The van der Waals surface area contributed by atoms with Crippen molar-refractivity contribution in [1.29, 1.82) is 0 Å². The van der Waals surface area contributed by atoms with E-state index in [-0.39, 0.29) is 11.7 Å². The molecular weight excluding hydrogens is 369 g/mol. The third kappa shape index (κ3) is 5.91. The second kappa shape index (κ2) is 9.87. The van der Waals surface area contributed by atoms with Gasteiger partial charge in [-0.3, -0.25) is 9.89 Å². The molecule has 1 amide bonds. The molecule has 0 saturated heterocycles. The van der Waals surface area contributed by atoms with Gasteiger partial charge in [-0.1, -0.05) is 12.1 Å². The van der Waals surface area contributed by atoms with E-state index in [4.69, 9.17) is 4.74 Å². The maximum Gasteiger partial charge on any atom is 0.226 e. The van der Waals surface area contributed by atoms with Gasteiger partial charge in [0.05, 0.1) is 18.7 Å². The van der Waals surface area contributed by atoms with Crippen molar-refractivity contribution in [2.75, 3.05) is 20.2 Å². The number of aromatic nitrogens is 2. The third-order valence-corrected chi connectivity index (χ3v) is 4.73. The van der Waals surface area contributed by atoms with Crippen molar-refractivity contribution in [2.45, 2.75) is 26.2 Å². The van der Waals surface area contributed by atoms with Crippen molar-refractivity contribution >= 4 is 5.91 Å². The summed E-state index contributed by atoms with van der Waals surface area (Å²) in [6.45, 7) is 3.24. The summed E-state index contributed by atoms with van der Waals surface area (Å²) < 4.78 is 18.5. The highest BCUT2D eigenvalue weighted by molar-refractivity contribution is 5.78. The lowest BCUT2D eigenvalue weighted by Gasteiger charge is -2.17. The maximum atomic E-state index is 13.0. The monoisotopic (exact) mass is 395 g/mol. The number of carbonyl (C=O) groups is 1. The van der Waals surface area contributed by atoms with Crippen molar-refractivity contribution in [2.24, 2.45) is 0 Å². The summed E-state index contributed by atoms with van der Waals surface area (Å²) in [6, 6.07) is 15.9. The van der Waals surface area contributed by atoms with E-state index in [2.05, 4.69) is 10.2 Å². The number of benzene rings is 2. The molecule has 1 aromatic heterocycles. The Morgan fingerprint density at radius 3 is 2.55 bits per heavy atom. The molecule has 3 aromatic rings. The minimum atomic E-state index is -0.262. The molecule has 0 aliphatic carbocycles. The average Bonchev–Trinajstić information content (AvgIpc) is 3.19. The van der Waals surface area contributed by atoms with Crippen LogP contribution < -0.4 is 4.74 Å². The van der Waals surface area contributed by atoms with Crippen LogP contribution in [0.1, 0.15) is 24.6 Å². The first-order chi connectivity index (χ1) is 14.0. The normalized spacial score (nSPS) is 10.7. The number of rotatable bonds is 9. The number of aromatic amines is 1. The van der Waals surface area contributed by atoms with Gasteiger partial charge in [0, 0.05) is 24.8 Å². The zero-order chi connectivity index (χ0) is 20.6. The SMILES string of the molecule is CCOc1ccc(CC(=O)N(C)CCCc2cc(-c3ccc(F)cc3)n[nH]2)cc1. The first-order valence-corrected chi connectivity index (χ1v) is 9.81. The number of halogens is 1. The Bertz CT molecular complexity index is 920. The fraction of sp³-hybridized carbons (Fsp3) is 0.304. The van der Waals surface area contributed by atoms with E-state index in [0.717, 1.165) is 41.1 Å². The van der Waals surface area contributed by atoms with Crippen LogP contribution in [0.5, 0.6) is 5.75 Å². The molecule has 0 spiro atoms. The summed E-state index contributed by atoms with van der Waals surface area (Å²) in [5.74, 6) is 0.643. The summed E-state index contributed by atoms with van der Waals surface area (Å²) in [7, 11) is 1.83. The molecule has 0 aliphatic heterocycles. The smallest absolute Gasteiger partial charge is 0.226 e. The summed E-state index contributed by atoms with van der Waals surface area (Å²) in [4.78, 5) is 14.2. The second-order valence-corrected chi connectivity index (χ2v) is 6.96. The third-order valence-electron chi connectivity index (χ3n) is 4.73. The second-order valence-electron chi connectivity index (χ2n) is 6.96. The van der Waals surface area contributed by atoms with Gasteiger partial charge in [0.15, 0.2) is 0 Å². The Morgan fingerprint density at radius 2 is 1.86 bits per heavy atom. The van der Waals surface area contributed by atoms with Crippen LogP contribution in [0, 0.1) is 5.82 Å². The number of aryl methyl sites for hydroxylation is 1. The van der Waals surface area contributed by atoms with E-state index >= 15 is 0 Å². The highest BCUT2D eigenvalue weighted by atomic mass is 19.1. The highest BCUT2D eigenvalue weighted by Crippen LogP contribution is 2.18. The predicted molar refractivity (Wildman–Crippen MR) is 111 cm³/mol. The van der Waals surface area contributed by atoms with Crippen molar-refractivity contribution in [3.05, 3.63) is 71.7 Å². The predicted octanol–water partition coefficient (Wildman–Crippen LogP) is 4.25. The van der Waals surface area contributed by atoms with Gasteiger partial charge in [-0.25, -0.2) is 4.39 Å². The Labute approximate surface area is 170 Å². The molecule has 0 aliphatic rings. The molecule has 0 unspecified atom stereocenters. The Morgan fingerprint density at radius 1 is 1.14 bits per heavy atom. The number of hydrogen-bond acceptors (Lipinski definition) is 3. The summed E-state index contributed by atoms with van der Waals surface area (Å²) in [5, 5.41) is 7.31. The lowest BCUT2D eigenvalue weighted by atomic mass is 10.1. The fourth-order valence-electron chi connectivity index (χ4n) is 3.07. The maximum absolute atomic E-state index is 13.0. The van der Waals surface area contributed by atoms with Crippen LogP contribution in [0.3, 0.4) is 0 Å². The van der Waals surface area contributed by atoms with Crippen LogP contribution in [0.15, 0.2) is 54.6 Å². The van der Waals surface area contributed by atoms with E-state index in [1.807, 2.05) is 44.3 Å². The van der Waals surface area contributed by atoms with Crippen molar-refractivity contribution in [3.63, 3.8) is 0 Å². The molecule has 3 rings (SSSR count). The molecule has 1 heterocycles. The minimum Gasteiger partial charge on any atom is -0.494 e. The molecule has 1 N–H and O–H groups in total. The van der Waals surface area contributed by atoms with Crippen LogP contribution in [-0.2, 0) is 17.6 Å². The Kier molecular flexibility index (Phi) is 7.00. The van der Waals surface area contributed by atoms with Crippen LogP contribution in [0.25, 0.3) is 11.3 Å². The molecule has 2 aromatic carbocycles. The van der Waals surface area contributed by atoms with Crippen LogP contribution >= 0.6 is 0 Å². The molecule has 5 nitrogen and oxygen atoms in total. The molecular formula is C23H26FN3O2. The van der Waals surface area contributed by atoms with E-state index in [1.165, 1.54) is 12.1 Å². The van der Waals surface area contributed by atoms with Crippen molar-refractivity contribution in [1.82, 2.24) is 15.1 Å². The number of hydrogen-bond donors (Lipinski definition) is 1. The zero-order valence-corrected chi connectivity index (χ0v) is 16.8. The first-order valence-electron chi connectivity index (χ1n) is 9.81. The van der Waals surface area contributed by atoms with E-state index in [1.54, 1.807) is 17.0 Å². The van der Waals surface area contributed by atoms with Gasteiger partial charge in [-0.15, -0.1) is 0 Å². The fourth-order valence-corrected chi connectivity index (χ4v) is 3.07. The highest BCUT2D eigenvalue weighted by Gasteiger charge is 2.10. The number of H-pyrrole nitrogens is 1. The quantitative estimate of drug-likeness (QED) is 0.589. The summed E-state index contributed by atoms with van der Waals surface area (Å²) >= 11 is 0. The van der Waals surface area contributed by atoms with E-state index in [0.29, 0.717) is 19.6 Å². The van der Waals surface area contributed by atoms with Crippen LogP contribution in [-0.4, -0.2) is 41.2 Å². The molecule has 0 fully saturated rings. The number of ether oxygens (including phenoxy) is 1. The number of nitrogens with zero attached hydrogens (tertiary/aromatic N) is 2. The van der Waals surface area contributed by atoms with Crippen molar-refractivity contribution < 1.29 is 13.9 Å². The molecule has 6 heteroatoms. The van der Waals surface area contributed by atoms with Gasteiger partial charge >= 0.3 is 0 Å². The topological polar surface area (TPSA) is 58.2 Å². The lowest BCUT2D eigenvalue weighted by Crippen LogP contribution is -2.29. The Hall–Kier alpha value is -3.15. The average molecular weight is 395 g/mol. The molecule has 29 heavy (non-hydrogen) atoms. The molecule has 0 saturated carbocycles. The first kappa shape index (κ1) is 20.6. The lowest BCUT2D eigenvalue weighted by molar-refractivity contribution is -0.129. The molecule has 0 bridgehead atoms. The van der Waals surface area contributed by atoms with Crippen LogP contribution in [0.4, 0.5) is 4.39 Å². The molecule has 0 atom stereocenters. The standard InChI is InChI=1S/C23H26FN3O2/c1-3-29-21-12-6-17(7-13-21)15-23(28)27(2)14-4-5-20-16-22(26-25-20)18-8-10-19(24)11-9-18/h6-13,16H,3-5,14-15H2,1-2H3,(H,25,26). The van der Waals surface area contributed by atoms with E-state index in [9.17, 15) is 9.18 Å².